The molecule has 0 atom stereocenters. The fourth-order valence-electron chi connectivity index (χ4n) is 2.72. The van der Waals surface area contributed by atoms with Gasteiger partial charge in [-0.3, -0.25) is 13.9 Å². The Morgan fingerprint density at radius 3 is 2.45 bits per heavy atom. The molecule has 1 aromatic carbocycles. The first-order chi connectivity index (χ1) is 10.5. The van der Waals surface area contributed by atoms with Crippen molar-refractivity contribution in [1.82, 2.24) is 14.1 Å². The van der Waals surface area contributed by atoms with Gasteiger partial charge in [-0.25, -0.2) is 9.78 Å². The first kappa shape index (κ1) is 14.3. The van der Waals surface area contributed by atoms with E-state index < -0.39 is 0 Å². The summed E-state index contributed by atoms with van der Waals surface area (Å²) in [6.45, 7) is 3.98. The number of fused-ring (bicyclic) bond motifs is 1. The molecular formula is C17H17N3O2. The largest absolute Gasteiger partial charge is 0.332 e. The van der Waals surface area contributed by atoms with Crippen LogP contribution in [0.15, 0.2) is 46.0 Å². The van der Waals surface area contributed by atoms with Crippen LogP contribution in [0.25, 0.3) is 11.0 Å². The van der Waals surface area contributed by atoms with Crippen molar-refractivity contribution in [3.63, 3.8) is 0 Å². The van der Waals surface area contributed by atoms with E-state index in [-0.39, 0.29) is 17.8 Å². The molecular weight excluding hydrogens is 278 g/mol. The van der Waals surface area contributed by atoms with Gasteiger partial charge in [0, 0.05) is 12.7 Å². The molecule has 0 N–H and O–H groups in total. The van der Waals surface area contributed by atoms with Gasteiger partial charge >= 0.3 is 5.69 Å². The second-order valence-electron chi connectivity index (χ2n) is 5.50. The van der Waals surface area contributed by atoms with Crippen molar-refractivity contribution in [2.45, 2.75) is 20.4 Å². The highest BCUT2D eigenvalue weighted by molar-refractivity contribution is 5.78. The first-order valence-corrected chi connectivity index (χ1v) is 7.10. The number of nitrogens with zero attached hydrogens (tertiary/aromatic N) is 3. The Morgan fingerprint density at radius 1 is 1.09 bits per heavy atom. The lowest BCUT2D eigenvalue weighted by atomic mass is 10.1. The molecule has 2 aromatic heterocycles. The van der Waals surface area contributed by atoms with Gasteiger partial charge in [-0.05, 0) is 31.0 Å². The quantitative estimate of drug-likeness (QED) is 0.724. The van der Waals surface area contributed by atoms with E-state index in [0.29, 0.717) is 11.0 Å². The zero-order chi connectivity index (χ0) is 15.9. The van der Waals surface area contributed by atoms with Gasteiger partial charge in [-0.15, -0.1) is 0 Å². The summed E-state index contributed by atoms with van der Waals surface area (Å²) < 4.78 is 2.71. The standard InChI is InChI=1S/C17H17N3O2/c1-11-9-12(2)18-15-14(11)16(21)20(17(22)19(15)3)10-13-7-5-4-6-8-13/h4-9H,10H2,1-3H3. The SMILES string of the molecule is Cc1cc(C)c2c(=O)n(Cc3ccccc3)c(=O)n(C)c2n1. The van der Waals surface area contributed by atoms with Gasteiger partial charge in [0.25, 0.3) is 5.56 Å². The third kappa shape index (κ3) is 2.24. The molecule has 0 fully saturated rings. The maximum atomic E-state index is 12.7. The minimum Gasteiger partial charge on any atom is -0.280 e. The lowest BCUT2D eigenvalue weighted by molar-refractivity contribution is 0.656. The number of hydrogen-bond acceptors (Lipinski definition) is 3. The van der Waals surface area contributed by atoms with Crippen LogP contribution in [0.1, 0.15) is 16.8 Å². The van der Waals surface area contributed by atoms with Crippen LogP contribution in [0, 0.1) is 13.8 Å². The van der Waals surface area contributed by atoms with Crippen LogP contribution < -0.4 is 11.2 Å². The average Bonchev–Trinajstić information content (AvgIpc) is 2.49. The van der Waals surface area contributed by atoms with Gasteiger partial charge in [0.15, 0.2) is 0 Å². The molecule has 112 valence electrons. The Morgan fingerprint density at radius 2 is 1.77 bits per heavy atom. The van der Waals surface area contributed by atoms with Crippen LogP contribution in [0.4, 0.5) is 0 Å². The Hall–Kier alpha value is -2.69. The predicted octanol–water partition coefficient (Wildman–Crippen LogP) is 1.76. The summed E-state index contributed by atoms with van der Waals surface area (Å²) in [4.78, 5) is 29.6. The summed E-state index contributed by atoms with van der Waals surface area (Å²) in [5.74, 6) is 0. The monoisotopic (exact) mass is 295 g/mol. The summed E-state index contributed by atoms with van der Waals surface area (Å²) in [6, 6.07) is 11.3. The predicted molar refractivity (Wildman–Crippen MR) is 86.3 cm³/mol. The van der Waals surface area contributed by atoms with Crippen molar-refractivity contribution in [2.75, 3.05) is 0 Å². The summed E-state index contributed by atoms with van der Waals surface area (Å²) in [5.41, 5.74) is 2.35. The molecule has 3 rings (SSSR count). The number of benzene rings is 1. The fourth-order valence-corrected chi connectivity index (χ4v) is 2.72. The maximum Gasteiger partial charge on any atom is 0.332 e. The third-order valence-electron chi connectivity index (χ3n) is 3.80. The fraction of sp³-hybridized carbons (Fsp3) is 0.235. The van der Waals surface area contributed by atoms with E-state index in [0.717, 1.165) is 16.8 Å². The van der Waals surface area contributed by atoms with Crippen LogP contribution in [0.5, 0.6) is 0 Å². The highest BCUT2D eigenvalue weighted by atomic mass is 16.2. The van der Waals surface area contributed by atoms with E-state index >= 15 is 0 Å². The van der Waals surface area contributed by atoms with E-state index in [9.17, 15) is 9.59 Å². The van der Waals surface area contributed by atoms with E-state index in [1.807, 2.05) is 50.2 Å². The van der Waals surface area contributed by atoms with E-state index in [1.165, 1.54) is 9.13 Å². The highest BCUT2D eigenvalue weighted by Gasteiger charge is 2.14. The minimum atomic E-state index is -0.348. The van der Waals surface area contributed by atoms with E-state index in [2.05, 4.69) is 4.98 Å². The summed E-state index contributed by atoms with van der Waals surface area (Å²) in [5, 5.41) is 0.503. The zero-order valence-corrected chi connectivity index (χ0v) is 12.8. The van der Waals surface area contributed by atoms with Crippen molar-refractivity contribution in [3.8, 4) is 0 Å². The van der Waals surface area contributed by atoms with Crippen molar-refractivity contribution >= 4 is 11.0 Å². The van der Waals surface area contributed by atoms with E-state index in [1.54, 1.807) is 7.05 Å². The van der Waals surface area contributed by atoms with Crippen molar-refractivity contribution in [3.05, 3.63) is 74.1 Å². The minimum absolute atomic E-state index is 0.260. The van der Waals surface area contributed by atoms with Gasteiger partial charge in [0.2, 0.25) is 0 Å². The smallest absolute Gasteiger partial charge is 0.280 e. The number of rotatable bonds is 2. The molecule has 2 heterocycles. The second kappa shape index (κ2) is 5.26. The number of aromatic nitrogens is 3. The lowest BCUT2D eigenvalue weighted by Gasteiger charge is -2.12. The zero-order valence-electron chi connectivity index (χ0n) is 12.8. The van der Waals surface area contributed by atoms with Crippen molar-refractivity contribution in [2.24, 2.45) is 7.05 Å². The van der Waals surface area contributed by atoms with Gasteiger partial charge < -0.3 is 0 Å². The molecule has 0 amide bonds. The first-order valence-electron chi connectivity index (χ1n) is 7.10. The number of hydrogen-bond donors (Lipinski definition) is 0. The number of pyridine rings is 1. The van der Waals surface area contributed by atoms with Crippen LogP contribution >= 0.6 is 0 Å². The normalized spacial score (nSPS) is 11.0. The molecule has 22 heavy (non-hydrogen) atoms. The van der Waals surface area contributed by atoms with Gasteiger partial charge in [0.05, 0.1) is 11.9 Å². The molecule has 0 saturated carbocycles. The van der Waals surface area contributed by atoms with Crippen molar-refractivity contribution < 1.29 is 0 Å². The van der Waals surface area contributed by atoms with Crippen LogP contribution in [0.3, 0.4) is 0 Å². The Balaban J connectivity index is 2.33. The molecule has 0 spiro atoms. The Kier molecular flexibility index (Phi) is 3.41. The molecule has 5 heteroatoms. The molecule has 5 nitrogen and oxygen atoms in total. The Labute approximate surface area is 127 Å². The molecule has 0 bridgehead atoms. The van der Waals surface area contributed by atoms with E-state index in [4.69, 9.17) is 0 Å². The maximum absolute atomic E-state index is 12.7. The third-order valence-corrected chi connectivity index (χ3v) is 3.80. The molecule has 0 unspecified atom stereocenters. The lowest BCUT2D eigenvalue weighted by Crippen LogP contribution is -2.40. The van der Waals surface area contributed by atoms with Crippen LogP contribution in [-0.2, 0) is 13.6 Å². The molecule has 0 aliphatic heterocycles. The number of aryl methyl sites for hydroxylation is 3. The second-order valence-corrected chi connectivity index (χ2v) is 5.50. The van der Waals surface area contributed by atoms with Crippen LogP contribution in [0.2, 0.25) is 0 Å². The molecule has 0 saturated heterocycles. The molecule has 0 aliphatic rings. The van der Waals surface area contributed by atoms with Gasteiger partial charge in [0.1, 0.15) is 5.65 Å². The van der Waals surface area contributed by atoms with Gasteiger partial charge in [-0.2, -0.15) is 0 Å². The molecule has 0 radical (unpaired) electrons. The molecule has 0 aliphatic carbocycles. The topological polar surface area (TPSA) is 56.9 Å². The molecule has 3 aromatic rings. The van der Waals surface area contributed by atoms with Crippen molar-refractivity contribution in [1.29, 1.82) is 0 Å². The summed E-state index contributed by atoms with van der Waals surface area (Å²) in [6.07, 6.45) is 0. The van der Waals surface area contributed by atoms with Gasteiger partial charge in [-0.1, -0.05) is 30.3 Å². The Bertz CT molecular complexity index is 969. The highest BCUT2D eigenvalue weighted by Crippen LogP contribution is 2.12. The summed E-state index contributed by atoms with van der Waals surface area (Å²) in [7, 11) is 1.65. The van der Waals surface area contributed by atoms with Crippen LogP contribution in [-0.4, -0.2) is 14.1 Å². The summed E-state index contributed by atoms with van der Waals surface area (Å²) >= 11 is 0. The average molecular weight is 295 g/mol.